The standard InChI is InChI=1S/C6H9O3/c1-2-6(7)9-5-3-8-4-5/h5H,1-4H2. The van der Waals surface area contributed by atoms with E-state index in [9.17, 15) is 4.79 Å². The van der Waals surface area contributed by atoms with E-state index in [4.69, 9.17) is 9.47 Å². The van der Waals surface area contributed by atoms with Crippen molar-refractivity contribution in [1.82, 2.24) is 0 Å². The van der Waals surface area contributed by atoms with Crippen molar-refractivity contribution in [1.29, 1.82) is 0 Å². The highest BCUT2D eigenvalue weighted by atomic mass is 16.6. The summed E-state index contributed by atoms with van der Waals surface area (Å²) in [6.45, 7) is 4.48. The van der Waals surface area contributed by atoms with Crippen molar-refractivity contribution in [2.75, 3.05) is 13.2 Å². The molecular formula is C6H9O3. The van der Waals surface area contributed by atoms with Crippen LogP contribution in [0.4, 0.5) is 0 Å². The van der Waals surface area contributed by atoms with Crippen LogP contribution in [0.15, 0.2) is 0 Å². The summed E-state index contributed by atoms with van der Waals surface area (Å²) in [6.07, 6.45) is 0.204. The van der Waals surface area contributed by atoms with Crippen LogP contribution in [-0.2, 0) is 14.3 Å². The predicted octanol–water partition coefficient (Wildman–Crippen LogP) is 0.153. The van der Waals surface area contributed by atoms with Crippen molar-refractivity contribution in [3.63, 3.8) is 0 Å². The Bertz CT molecular complexity index is 107. The quantitative estimate of drug-likeness (QED) is 0.498. The maximum Gasteiger partial charge on any atom is 0.306 e. The third-order valence-corrected chi connectivity index (χ3v) is 1.11. The minimum Gasteiger partial charge on any atom is -0.457 e. The van der Waals surface area contributed by atoms with Gasteiger partial charge in [-0.1, -0.05) is 0 Å². The van der Waals surface area contributed by atoms with Crippen molar-refractivity contribution in [3.8, 4) is 0 Å². The normalized spacial score (nSPS) is 18.8. The van der Waals surface area contributed by atoms with Crippen molar-refractivity contribution in [2.45, 2.75) is 12.5 Å². The van der Waals surface area contributed by atoms with E-state index in [0.717, 1.165) is 0 Å². The number of ether oxygens (including phenoxy) is 2. The van der Waals surface area contributed by atoms with Gasteiger partial charge >= 0.3 is 5.97 Å². The van der Waals surface area contributed by atoms with Crippen molar-refractivity contribution >= 4 is 5.97 Å². The van der Waals surface area contributed by atoms with Crippen LogP contribution in [0.5, 0.6) is 0 Å². The van der Waals surface area contributed by atoms with E-state index in [0.29, 0.717) is 13.2 Å². The third-order valence-electron chi connectivity index (χ3n) is 1.11. The van der Waals surface area contributed by atoms with Crippen LogP contribution in [0.25, 0.3) is 0 Å². The minimum absolute atomic E-state index is 0.000694. The van der Waals surface area contributed by atoms with E-state index in [1.165, 1.54) is 0 Å². The zero-order valence-corrected chi connectivity index (χ0v) is 5.13. The average molecular weight is 129 g/mol. The number of esters is 1. The molecule has 0 unspecified atom stereocenters. The van der Waals surface area contributed by atoms with Crippen LogP contribution >= 0.6 is 0 Å². The molecule has 0 aliphatic carbocycles. The first-order chi connectivity index (χ1) is 4.33. The summed E-state index contributed by atoms with van der Waals surface area (Å²) >= 11 is 0. The van der Waals surface area contributed by atoms with E-state index in [2.05, 4.69) is 6.92 Å². The highest BCUT2D eigenvalue weighted by molar-refractivity contribution is 5.70. The SMILES string of the molecule is [CH2]CC(=O)OC1COC1. The Morgan fingerprint density at radius 3 is 2.78 bits per heavy atom. The molecular weight excluding hydrogens is 120 g/mol. The molecule has 0 spiro atoms. The van der Waals surface area contributed by atoms with Crippen LogP contribution in [0, 0.1) is 6.92 Å². The first-order valence-corrected chi connectivity index (χ1v) is 2.89. The van der Waals surface area contributed by atoms with E-state index in [1.54, 1.807) is 0 Å². The Morgan fingerprint density at radius 2 is 2.44 bits per heavy atom. The lowest BCUT2D eigenvalue weighted by Crippen LogP contribution is -2.37. The summed E-state index contributed by atoms with van der Waals surface area (Å²) in [4.78, 5) is 10.5. The average Bonchev–Trinajstić information content (AvgIpc) is 1.78. The number of rotatable bonds is 2. The molecule has 3 nitrogen and oxygen atoms in total. The summed E-state index contributed by atoms with van der Waals surface area (Å²) in [6, 6.07) is 0. The van der Waals surface area contributed by atoms with Gasteiger partial charge < -0.3 is 9.47 Å². The van der Waals surface area contributed by atoms with Crippen LogP contribution in [0.2, 0.25) is 0 Å². The number of carbonyl (C=O) groups is 1. The molecule has 0 bridgehead atoms. The molecule has 9 heavy (non-hydrogen) atoms. The fraction of sp³-hybridized carbons (Fsp3) is 0.667. The summed E-state index contributed by atoms with van der Waals surface area (Å²) in [5.41, 5.74) is 0. The molecule has 1 heterocycles. The fourth-order valence-corrected chi connectivity index (χ4v) is 0.527. The molecule has 0 saturated carbocycles. The maximum absolute atomic E-state index is 10.5. The third kappa shape index (κ3) is 1.68. The van der Waals surface area contributed by atoms with Crippen LogP contribution in [0.1, 0.15) is 6.42 Å². The lowest BCUT2D eigenvalue weighted by molar-refractivity contribution is -0.171. The second kappa shape index (κ2) is 2.82. The highest BCUT2D eigenvalue weighted by Gasteiger charge is 2.21. The van der Waals surface area contributed by atoms with Crippen molar-refractivity contribution in [2.24, 2.45) is 0 Å². The highest BCUT2D eigenvalue weighted by Crippen LogP contribution is 2.05. The predicted molar refractivity (Wildman–Crippen MR) is 30.7 cm³/mol. The lowest BCUT2D eigenvalue weighted by Gasteiger charge is -2.25. The fourth-order valence-electron chi connectivity index (χ4n) is 0.527. The molecule has 1 radical (unpaired) electrons. The van der Waals surface area contributed by atoms with Gasteiger partial charge in [-0.15, -0.1) is 0 Å². The maximum atomic E-state index is 10.5. The van der Waals surface area contributed by atoms with E-state index in [1.807, 2.05) is 0 Å². The number of hydrogen-bond acceptors (Lipinski definition) is 3. The molecule has 0 N–H and O–H groups in total. The minimum atomic E-state index is -0.247. The molecule has 3 heteroatoms. The summed E-state index contributed by atoms with van der Waals surface area (Å²) < 4.78 is 9.59. The van der Waals surface area contributed by atoms with Crippen LogP contribution < -0.4 is 0 Å². The lowest BCUT2D eigenvalue weighted by atomic mass is 10.3. The molecule has 1 fully saturated rings. The van der Waals surface area contributed by atoms with E-state index >= 15 is 0 Å². The van der Waals surface area contributed by atoms with Crippen LogP contribution in [-0.4, -0.2) is 25.3 Å². The van der Waals surface area contributed by atoms with Gasteiger partial charge in [-0.05, 0) is 6.92 Å². The van der Waals surface area contributed by atoms with Crippen molar-refractivity contribution in [3.05, 3.63) is 6.92 Å². The molecule has 0 aromatic rings. The molecule has 1 saturated heterocycles. The molecule has 0 aromatic heterocycles. The molecule has 0 amide bonds. The van der Waals surface area contributed by atoms with E-state index in [-0.39, 0.29) is 18.5 Å². The zero-order valence-electron chi connectivity index (χ0n) is 5.13. The largest absolute Gasteiger partial charge is 0.457 e. The Hall–Kier alpha value is -0.570. The molecule has 1 aliphatic rings. The van der Waals surface area contributed by atoms with Crippen molar-refractivity contribution < 1.29 is 14.3 Å². The Labute approximate surface area is 53.9 Å². The Balaban J connectivity index is 2.09. The molecule has 0 atom stereocenters. The topological polar surface area (TPSA) is 35.5 Å². The number of hydrogen-bond donors (Lipinski definition) is 0. The molecule has 1 aliphatic heterocycles. The summed E-state index contributed by atoms with van der Waals surface area (Å²) in [7, 11) is 0. The molecule has 1 rings (SSSR count). The first-order valence-electron chi connectivity index (χ1n) is 2.89. The van der Waals surface area contributed by atoms with Gasteiger partial charge in [0.2, 0.25) is 0 Å². The summed E-state index contributed by atoms with van der Waals surface area (Å²) in [5.74, 6) is -0.247. The van der Waals surface area contributed by atoms with Crippen LogP contribution in [0.3, 0.4) is 0 Å². The van der Waals surface area contributed by atoms with Gasteiger partial charge in [0, 0.05) is 6.42 Å². The smallest absolute Gasteiger partial charge is 0.306 e. The van der Waals surface area contributed by atoms with Gasteiger partial charge in [-0.2, -0.15) is 0 Å². The van der Waals surface area contributed by atoms with Gasteiger partial charge in [0.25, 0.3) is 0 Å². The van der Waals surface area contributed by atoms with E-state index < -0.39 is 0 Å². The Kier molecular flexibility index (Phi) is 2.05. The monoisotopic (exact) mass is 129 g/mol. The number of carbonyl (C=O) groups excluding carboxylic acids is 1. The zero-order chi connectivity index (χ0) is 6.69. The molecule has 51 valence electrons. The van der Waals surface area contributed by atoms with Gasteiger partial charge in [-0.25, -0.2) is 0 Å². The summed E-state index contributed by atoms with van der Waals surface area (Å²) in [5, 5.41) is 0. The van der Waals surface area contributed by atoms with Gasteiger partial charge in [0.05, 0.1) is 13.2 Å². The van der Waals surface area contributed by atoms with Gasteiger partial charge in [-0.3, -0.25) is 4.79 Å². The first kappa shape index (κ1) is 6.55. The van der Waals surface area contributed by atoms with Gasteiger partial charge in [0.15, 0.2) is 0 Å². The second-order valence-corrected chi connectivity index (χ2v) is 1.90. The Morgan fingerprint density at radius 1 is 1.78 bits per heavy atom. The molecule has 0 aromatic carbocycles. The van der Waals surface area contributed by atoms with Gasteiger partial charge in [0.1, 0.15) is 6.10 Å². The second-order valence-electron chi connectivity index (χ2n) is 1.90.